The smallest absolute Gasteiger partial charge is 0.243 e. The van der Waals surface area contributed by atoms with E-state index in [0.29, 0.717) is 99.0 Å². The van der Waals surface area contributed by atoms with Gasteiger partial charge in [-0.25, -0.2) is 4.98 Å². The average molecular weight is 1110 g/mol. The van der Waals surface area contributed by atoms with Gasteiger partial charge in [0.25, 0.3) is 0 Å². The van der Waals surface area contributed by atoms with Crippen LogP contribution in [0.3, 0.4) is 0 Å². The Bertz CT molecular complexity index is 2360. The Kier molecular flexibility index (Phi) is 33.4. The van der Waals surface area contributed by atoms with E-state index in [1.54, 1.807) is 31.4 Å². The summed E-state index contributed by atoms with van der Waals surface area (Å²) in [6.45, 7) is 8.79. The SMILES string of the molecule is CCCCCNc1nc(N)nc2ccn(Cc3ccc(COCCOCCOCCOCCNC(=O)CNC(=O)[C@H](Cc4ccccc4)NC(=O)CNC(=O)CNC(=O)CCOCCOCCOCCOCCN)cc3OC)c12. The van der Waals surface area contributed by atoms with Crippen LogP contribution < -0.4 is 48.1 Å². The summed E-state index contributed by atoms with van der Waals surface area (Å²) in [4.78, 5) is 72.0. The number of carbonyl (C=O) groups excluding carboxylic acids is 5. The molecule has 2 heterocycles. The number of benzene rings is 2. The van der Waals surface area contributed by atoms with Gasteiger partial charge < -0.3 is 90.6 Å². The molecule has 0 aliphatic rings. The zero-order chi connectivity index (χ0) is 56.6. The molecule has 79 heavy (non-hydrogen) atoms. The summed E-state index contributed by atoms with van der Waals surface area (Å²) < 4.78 is 51.8. The average Bonchev–Trinajstić information content (AvgIpc) is 3.95. The van der Waals surface area contributed by atoms with Crippen LogP contribution in [0.2, 0.25) is 0 Å². The van der Waals surface area contributed by atoms with Crippen LogP contribution in [0.4, 0.5) is 11.8 Å². The second-order valence-corrected chi connectivity index (χ2v) is 17.7. The van der Waals surface area contributed by atoms with Gasteiger partial charge >= 0.3 is 0 Å². The number of nitrogens with two attached hydrogens (primary N) is 2. The lowest BCUT2D eigenvalue weighted by molar-refractivity contribution is -0.131. The molecule has 0 bridgehead atoms. The van der Waals surface area contributed by atoms with Gasteiger partial charge in [0.2, 0.25) is 35.5 Å². The van der Waals surface area contributed by atoms with Crippen molar-refractivity contribution in [3.63, 3.8) is 0 Å². The predicted molar refractivity (Wildman–Crippen MR) is 295 cm³/mol. The number of methoxy groups -OCH3 is 1. The first kappa shape index (κ1) is 65.0. The van der Waals surface area contributed by atoms with Crippen LogP contribution in [-0.2, 0) is 81.4 Å². The van der Waals surface area contributed by atoms with E-state index in [2.05, 4.69) is 53.4 Å². The van der Waals surface area contributed by atoms with Crippen molar-refractivity contribution < 1.29 is 66.6 Å². The van der Waals surface area contributed by atoms with Crippen LogP contribution in [0.1, 0.15) is 49.3 Å². The highest BCUT2D eigenvalue weighted by Gasteiger charge is 2.22. The number of unbranched alkanes of at least 4 members (excludes halogenated alkanes) is 2. The Morgan fingerprint density at radius 2 is 1.20 bits per heavy atom. The fourth-order valence-electron chi connectivity index (χ4n) is 7.44. The van der Waals surface area contributed by atoms with Crippen molar-refractivity contribution in [3.05, 3.63) is 77.5 Å². The maximum absolute atomic E-state index is 13.2. The lowest BCUT2D eigenvalue weighted by Gasteiger charge is -2.19. The molecule has 10 N–H and O–H groups in total. The molecular weight excluding hydrogens is 1030 g/mol. The van der Waals surface area contributed by atoms with Gasteiger partial charge in [0.1, 0.15) is 17.3 Å². The third-order valence-corrected chi connectivity index (χ3v) is 11.4. The maximum Gasteiger partial charge on any atom is 0.243 e. The van der Waals surface area contributed by atoms with Crippen molar-refractivity contribution in [2.24, 2.45) is 5.73 Å². The number of amides is 5. The van der Waals surface area contributed by atoms with E-state index in [4.69, 9.17) is 54.1 Å². The van der Waals surface area contributed by atoms with Crippen LogP contribution >= 0.6 is 0 Å². The normalized spacial score (nSPS) is 11.5. The molecule has 0 fully saturated rings. The molecular formula is C54H83N11O14. The van der Waals surface area contributed by atoms with E-state index in [1.165, 1.54) is 0 Å². The van der Waals surface area contributed by atoms with Crippen LogP contribution in [0.15, 0.2) is 60.8 Å². The fourth-order valence-corrected chi connectivity index (χ4v) is 7.44. The Labute approximate surface area is 462 Å². The number of fused-ring (bicyclic) bond motifs is 1. The van der Waals surface area contributed by atoms with E-state index in [-0.39, 0.29) is 58.2 Å². The van der Waals surface area contributed by atoms with Crippen LogP contribution in [0, 0.1) is 0 Å². The zero-order valence-corrected chi connectivity index (χ0v) is 45.9. The molecule has 4 rings (SSSR count). The summed E-state index contributed by atoms with van der Waals surface area (Å²) in [5.41, 5.74) is 15.7. The van der Waals surface area contributed by atoms with E-state index < -0.39 is 42.1 Å². The number of anilines is 2. The second kappa shape index (κ2) is 40.6. The lowest BCUT2D eigenvalue weighted by atomic mass is 10.1. The van der Waals surface area contributed by atoms with Crippen molar-refractivity contribution >= 4 is 52.3 Å². The number of aromatic nitrogens is 3. The van der Waals surface area contributed by atoms with Crippen molar-refractivity contribution in [3.8, 4) is 5.75 Å². The molecule has 0 spiro atoms. The van der Waals surface area contributed by atoms with Gasteiger partial charge in [-0.3, -0.25) is 24.0 Å². The highest BCUT2D eigenvalue weighted by Crippen LogP contribution is 2.27. The number of ether oxygens (including phenoxy) is 9. The number of nitrogens with one attached hydrogen (secondary N) is 6. The fraction of sp³-hybridized carbons (Fsp3) is 0.574. The number of hydrogen-bond donors (Lipinski definition) is 8. The van der Waals surface area contributed by atoms with Crippen molar-refractivity contribution in [2.75, 3.05) is 157 Å². The maximum atomic E-state index is 13.2. The standard InChI is InChI=1S/C54H83N11O14/c1-3-4-8-16-58-52-51-44(63-54(56)64-52)13-18-65(51)39-43-12-11-42(35-46(43)71-2)40-79-33-32-78-31-30-77-27-24-74-21-17-57-48(67)37-61-53(70)45(34-41-9-6-5-7-10-41)62-50(69)38-60-49(68)36-59-47(66)14-19-72-22-25-75-28-29-76-26-23-73-20-15-55/h5-7,9-13,18,35,45H,3-4,8,14-17,19-34,36-40,55H2,1-2H3,(H,57,67)(H,59,66)(H,60,68)(H,61,70)(H,62,69)(H3,56,58,63,64)/t45-/m0/s1. The number of nitrogens with zero attached hydrogens (tertiary/aromatic N) is 3. The van der Waals surface area contributed by atoms with Crippen molar-refractivity contribution in [1.82, 2.24) is 41.1 Å². The third kappa shape index (κ3) is 28.2. The minimum atomic E-state index is -1.05. The van der Waals surface area contributed by atoms with Gasteiger partial charge in [-0.2, -0.15) is 4.98 Å². The molecule has 1 atom stereocenters. The largest absolute Gasteiger partial charge is 0.496 e. The molecule has 2 aromatic carbocycles. The van der Waals surface area contributed by atoms with Gasteiger partial charge in [-0.05, 0) is 29.7 Å². The first-order chi connectivity index (χ1) is 38.6. The summed E-state index contributed by atoms with van der Waals surface area (Å²) in [5, 5.41) is 16.2. The van der Waals surface area contributed by atoms with Crippen LogP contribution in [0.25, 0.3) is 11.0 Å². The second-order valence-electron chi connectivity index (χ2n) is 17.7. The summed E-state index contributed by atoms with van der Waals surface area (Å²) in [6, 6.07) is 15.9. The molecule has 2 aromatic heterocycles. The summed E-state index contributed by atoms with van der Waals surface area (Å²) >= 11 is 0. The van der Waals surface area contributed by atoms with Crippen LogP contribution in [0.5, 0.6) is 5.75 Å². The van der Waals surface area contributed by atoms with E-state index in [9.17, 15) is 24.0 Å². The monoisotopic (exact) mass is 1110 g/mol. The minimum Gasteiger partial charge on any atom is -0.496 e. The minimum absolute atomic E-state index is 0.0215. The molecule has 0 unspecified atom stereocenters. The van der Waals surface area contributed by atoms with Crippen LogP contribution in [-0.4, -0.2) is 196 Å². The van der Waals surface area contributed by atoms with Crippen molar-refractivity contribution in [2.45, 2.75) is 58.2 Å². The van der Waals surface area contributed by atoms with Gasteiger partial charge in [-0.15, -0.1) is 0 Å². The zero-order valence-electron chi connectivity index (χ0n) is 45.9. The molecule has 0 radical (unpaired) electrons. The van der Waals surface area contributed by atoms with Gasteiger partial charge in [0.15, 0.2) is 5.82 Å². The number of hydrogen-bond acceptors (Lipinski definition) is 19. The molecule has 0 aliphatic heterocycles. The molecule has 0 aliphatic carbocycles. The first-order valence-electron chi connectivity index (χ1n) is 26.8. The number of nitrogen functional groups attached to an aromatic ring is 1. The van der Waals surface area contributed by atoms with Gasteiger partial charge in [0, 0.05) is 44.2 Å². The Morgan fingerprint density at radius 3 is 1.86 bits per heavy atom. The Morgan fingerprint density at radius 1 is 0.608 bits per heavy atom. The molecule has 25 nitrogen and oxygen atoms in total. The Balaban J connectivity index is 0.995. The molecule has 438 valence electrons. The predicted octanol–water partition coefficient (Wildman–Crippen LogP) is 0.846. The molecule has 4 aromatic rings. The molecule has 5 amide bonds. The Hall–Kier alpha value is -6.55. The summed E-state index contributed by atoms with van der Waals surface area (Å²) in [5.74, 6) is -1.00. The van der Waals surface area contributed by atoms with E-state index >= 15 is 0 Å². The van der Waals surface area contributed by atoms with Gasteiger partial charge in [-0.1, -0.05) is 62.2 Å². The number of carbonyl (C=O) groups is 5. The lowest BCUT2D eigenvalue weighted by Crippen LogP contribution is -2.52. The summed E-state index contributed by atoms with van der Waals surface area (Å²) in [7, 11) is 1.65. The molecule has 25 heteroatoms. The van der Waals surface area contributed by atoms with E-state index in [0.717, 1.165) is 65.1 Å². The molecule has 0 saturated heterocycles. The third-order valence-electron chi connectivity index (χ3n) is 11.4. The summed E-state index contributed by atoms with van der Waals surface area (Å²) in [6.07, 6.45) is 5.43. The molecule has 0 saturated carbocycles. The highest BCUT2D eigenvalue weighted by atomic mass is 16.6. The first-order valence-corrected chi connectivity index (χ1v) is 26.8. The quantitative estimate of drug-likeness (QED) is 0.0284. The highest BCUT2D eigenvalue weighted by molar-refractivity contribution is 5.93. The van der Waals surface area contributed by atoms with E-state index in [1.807, 2.05) is 36.5 Å². The topological polar surface area (TPSA) is 323 Å². The number of rotatable bonds is 46. The van der Waals surface area contributed by atoms with Crippen molar-refractivity contribution in [1.29, 1.82) is 0 Å². The van der Waals surface area contributed by atoms with Gasteiger partial charge in [0.05, 0.1) is 145 Å².